The van der Waals surface area contributed by atoms with Gasteiger partial charge in [-0.05, 0) is 55.0 Å². The minimum absolute atomic E-state index is 0.120. The molecule has 0 spiro atoms. The minimum Gasteiger partial charge on any atom is -0.494 e. The Balaban J connectivity index is 1.79. The third-order valence-electron chi connectivity index (χ3n) is 5.69. The van der Waals surface area contributed by atoms with Crippen molar-refractivity contribution in [2.45, 2.75) is 57.8 Å². The Hall–Kier alpha value is -3.07. The van der Waals surface area contributed by atoms with Crippen LogP contribution in [0, 0.1) is 11.3 Å². The van der Waals surface area contributed by atoms with E-state index in [0.29, 0.717) is 12.3 Å². The van der Waals surface area contributed by atoms with Crippen LogP contribution >= 0.6 is 0 Å². The molecule has 1 saturated carbocycles. The molecule has 0 unspecified atom stereocenters. The van der Waals surface area contributed by atoms with E-state index in [-0.39, 0.29) is 17.2 Å². The maximum absolute atomic E-state index is 13.3. The molecule has 1 N–H and O–H groups in total. The molecule has 0 amide bonds. The molecular formula is C23H26N4O2. The van der Waals surface area contributed by atoms with Crippen molar-refractivity contribution >= 4 is 5.65 Å². The molecule has 0 bridgehead atoms. The summed E-state index contributed by atoms with van der Waals surface area (Å²) >= 11 is 0. The third-order valence-corrected chi connectivity index (χ3v) is 5.69. The number of aromatic nitrogens is 3. The summed E-state index contributed by atoms with van der Waals surface area (Å²) in [6, 6.07) is 11.6. The molecule has 1 aliphatic carbocycles. The molecule has 0 atom stereocenters. The second-order valence-corrected chi connectivity index (χ2v) is 7.72. The van der Waals surface area contributed by atoms with Crippen molar-refractivity contribution in [2.24, 2.45) is 0 Å². The summed E-state index contributed by atoms with van der Waals surface area (Å²) in [5.74, 6) is 1.04. The van der Waals surface area contributed by atoms with Crippen molar-refractivity contribution in [3.8, 4) is 23.1 Å². The average molecular weight is 390 g/mol. The number of rotatable bonds is 6. The number of ether oxygens (including phenoxy) is 1. The molecule has 1 fully saturated rings. The van der Waals surface area contributed by atoms with E-state index >= 15 is 0 Å². The molecular weight excluding hydrogens is 364 g/mol. The Morgan fingerprint density at radius 3 is 2.69 bits per heavy atom. The number of benzene rings is 1. The highest BCUT2D eigenvalue weighted by Gasteiger charge is 2.25. The van der Waals surface area contributed by atoms with Crippen molar-refractivity contribution in [2.75, 3.05) is 6.61 Å². The first-order chi connectivity index (χ1) is 14.2. The number of nitrogens with one attached hydrogen (secondary N) is 1. The number of nitriles is 1. The van der Waals surface area contributed by atoms with Crippen molar-refractivity contribution in [1.29, 1.82) is 5.26 Å². The Morgan fingerprint density at radius 1 is 1.24 bits per heavy atom. The van der Waals surface area contributed by atoms with Crippen LogP contribution in [0.5, 0.6) is 5.75 Å². The van der Waals surface area contributed by atoms with Gasteiger partial charge in [0.15, 0.2) is 5.69 Å². The van der Waals surface area contributed by atoms with Gasteiger partial charge in [-0.3, -0.25) is 4.79 Å². The van der Waals surface area contributed by atoms with Crippen LogP contribution in [0.3, 0.4) is 0 Å². The Labute approximate surface area is 170 Å². The van der Waals surface area contributed by atoms with E-state index in [4.69, 9.17) is 4.74 Å². The van der Waals surface area contributed by atoms with Gasteiger partial charge in [-0.1, -0.05) is 32.6 Å². The highest BCUT2D eigenvalue weighted by Crippen LogP contribution is 2.36. The van der Waals surface area contributed by atoms with Gasteiger partial charge in [0.2, 0.25) is 0 Å². The normalized spacial score (nSPS) is 14.8. The Bertz CT molecular complexity index is 1080. The standard InChI is InChI=1S/C23H26N4O2/c1-2-3-13-29-19-11-9-17(10-12-19)22-21(16-7-5-4-6-8-16)23(28)27-20(25-22)14-18(15-24)26-27/h9-12,14,16,25H,2-8,13H2,1H3. The molecule has 2 heterocycles. The lowest BCUT2D eigenvalue weighted by Gasteiger charge is -2.23. The lowest BCUT2D eigenvalue weighted by molar-refractivity contribution is 0.309. The zero-order chi connectivity index (χ0) is 20.2. The van der Waals surface area contributed by atoms with E-state index in [2.05, 4.69) is 17.0 Å². The van der Waals surface area contributed by atoms with Crippen LogP contribution < -0.4 is 10.3 Å². The summed E-state index contributed by atoms with van der Waals surface area (Å²) < 4.78 is 7.12. The molecule has 6 nitrogen and oxygen atoms in total. The molecule has 1 aliphatic rings. The largest absolute Gasteiger partial charge is 0.494 e. The number of H-pyrrole nitrogens is 1. The zero-order valence-electron chi connectivity index (χ0n) is 16.8. The molecule has 29 heavy (non-hydrogen) atoms. The quantitative estimate of drug-likeness (QED) is 0.614. The Morgan fingerprint density at radius 2 is 2.00 bits per heavy atom. The first kappa shape index (κ1) is 19.3. The van der Waals surface area contributed by atoms with E-state index in [1.54, 1.807) is 6.07 Å². The first-order valence-corrected chi connectivity index (χ1v) is 10.5. The predicted octanol–water partition coefficient (Wildman–Crippen LogP) is 4.79. The van der Waals surface area contributed by atoms with Crippen LogP contribution in [0.4, 0.5) is 0 Å². The first-order valence-electron chi connectivity index (χ1n) is 10.5. The highest BCUT2D eigenvalue weighted by atomic mass is 16.5. The van der Waals surface area contributed by atoms with Gasteiger partial charge >= 0.3 is 0 Å². The van der Waals surface area contributed by atoms with Crippen LogP contribution in [-0.4, -0.2) is 21.2 Å². The molecule has 6 heteroatoms. The number of nitrogens with zero attached hydrogens (tertiary/aromatic N) is 3. The van der Waals surface area contributed by atoms with Crippen LogP contribution in [0.25, 0.3) is 16.9 Å². The smallest absolute Gasteiger partial charge is 0.278 e. The lowest BCUT2D eigenvalue weighted by Crippen LogP contribution is -2.25. The monoisotopic (exact) mass is 390 g/mol. The number of aromatic amines is 1. The molecule has 0 radical (unpaired) electrons. The van der Waals surface area contributed by atoms with Crippen LogP contribution in [-0.2, 0) is 0 Å². The van der Waals surface area contributed by atoms with Crippen molar-refractivity contribution in [3.05, 3.63) is 51.9 Å². The van der Waals surface area contributed by atoms with Crippen molar-refractivity contribution in [1.82, 2.24) is 14.6 Å². The molecule has 150 valence electrons. The maximum atomic E-state index is 13.3. The molecule has 1 aromatic carbocycles. The predicted molar refractivity (Wildman–Crippen MR) is 112 cm³/mol. The minimum atomic E-state index is -0.120. The molecule has 0 saturated heterocycles. The summed E-state index contributed by atoms with van der Waals surface area (Å²) in [7, 11) is 0. The third kappa shape index (κ3) is 3.91. The van der Waals surface area contributed by atoms with Crippen molar-refractivity contribution in [3.63, 3.8) is 0 Å². The maximum Gasteiger partial charge on any atom is 0.278 e. The van der Waals surface area contributed by atoms with Crippen LogP contribution in [0.15, 0.2) is 35.1 Å². The lowest BCUT2D eigenvalue weighted by atomic mass is 9.83. The fourth-order valence-corrected chi connectivity index (χ4v) is 4.15. The fraction of sp³-hybridized carbons (Fsp3) is 0.435. The number of hydrogen-bond acceptors (Lipinski definition) is 4. The second-order valence-electron chi connectivity index (χ2n) is 7.72. The van der Waals surface area contributed by atoms with Crippen LogP contribution in [0.1, 0.15) is 69.0 Å². The summed E-state index contributed by atoms with van der Waals surface area (Å²) in [5.41, 5.74) is 3.23. The van der Waals surface area contributed by atoms with E-state index in [1.807, 2.05) is 30.3 Å². The molecule has 4 rings (SSSR count). The van der Waals surface area contributed by atoms with E-state index in [0.717, 1.165) is 61.1 Å². The zero-order valence-corrected chi connectivity index (χ0v) is 16.8. The highest BCUT2D eigenvalue weighted by molar-refractivity contribution is 5.67. The number of hydrogen-bond donors (Lipinski definition) is 1. The SMILES string of the molecule is CCCCOc1ccc(-c2[nH]c3cc(C#N)nn3c(=O)c2C2CCCCC2)cc1. The summed E-state index contributed by atoms with van der Waals surface area (Å²) in [5, 5.41) is 13.4. The van der Waals surface area contributed by atoms with Gasteiger partial charge in [-0.15, -0.1) is 0 Å². The molecule has 3 aromatic rings. The summed E-state index contributed by atoms with van der Waals surface area (Å²) in [6.45, 7) is 2.85. The molecule has 2 aromatic heterocycles. The van der Waals surface area contributed by atoms with Crippen molar-refractivity contribution < 1.29 is 4.74 Å². The van der Waals surface area contributed by atoms with Gasteiger partial charge in [0, 0.05) is 11.6 Å². The van der Waals surface area contributed by atoms with E-state index in [1.165, 1.54) is 10.9 Å². The van der Waals surface area contributed by atoms with Gasteiger partial charge in [-0.25, -0.2) is 0 Å². The molecule has 0 aliphatic heterocycles. The number of unbranched alkanes of at least 4 members (excludes halogenated alkanes) is 1. The Kier molecular flexibility index (Phi) is 5.66. The van der Waals surface area contributed by atoms with Gasteiger partial charge < -0.3 is 9.72 Å². The average Bonchev–Trinajstić information content (AvgIpc) is 3.19. The topological polar surface area (TPSA) is 83.2 Å². The van der Waals surface area contributed by atoms with E-state index in [9.17, 15) is 10.1 Å². The van der Waals surface area contributed by atoms with Gasteiger partial charge in [0.1, 0.15) is 17.5 Å². The number of fused-ring (bicyclic) bond motifs is 1. The van der Waals surface area contributed by atoms with Gasteiger partial charge in [0.25, 0.3) is 5.56 Å². The van der Waals surface area contributed by atoms with Gasteiger partial charge in [0.05, 0.1) is 12.3 Å². The van der Waals surface area contributed by atoms with Crippen LogP contribution in [0.2, 0.25) is 0 Å². The fourth-order valence-electron chi connectivity index (χ4n) is 4.15. The second kappa shape index (κ2) is 8.52. The van der Waals surface area contributed by atoms with Gasteiger partial charge in [-0.2, -0.15) is 14.9 Å². The van der Waals surface area contributed by atoms with E-state index < -0.39 is 0 Å². The summed E-state index contributed by atoms with van der Waals surface area (Å²) in [4.78, 5) is 16.7. The summed E-state index contributed by atoms with van der Waals surface area (Å²) in [6.07, 6.45) is 7.62.